The van der Waals surface area contributed by atoms with Gasteiger partial charge in [-0.15, -0.1) is 0 Å². The fourth-order valence-electron chi connectivity index (χ4n) is 4.54. The minimum absolute atomic E-state index is 0.165. The van der Waals surface area contributed by atoms with E-state index in [0.29, 0.717) is 6.42 Å². The molecule has 1 atom stereocenters. The van der Waals surface area contributed by atoms with Crippen LogP contribution in [0.4, 0.5) is 0 Å². The van der Waals surface area contributed by atoms with Gasteiger partial charge in [-0.05, 0) is 18.1 Å². The highest BCUT2D eigenvalue weighted by Crippen LogP contribution is 2.19. The Balaban J connectivity index is 1.52. The highest BCUT2D eigenvalue weighted by atomic mass is 16.4. The van der Waals surface area contributed by atoms with Gasteiger partial charge in [0.15, 0.2) is 0 Å². The number of carbonyl (C=O) groups excluding carboxylic acids is 2. The molecular formula is C29H45N3O4. The summed E-state index contributed by atoms with van der Waals surface area (Å²) < 4.78 is 0. The van der Waals surface area contributed by atoms with E-state index in [1.54, 1.807) is 6.20 Å². The number of hydrogen-bond acceptors (Lipinski definition) is 3. The van der Waals surface area contributed by atoms with Crippen LogP contribution in [-0.2, 0) is 20.8 Å². The first-order valence-electron chi connectivity index (χ1n) is 13.8. The van der Waals surface area contributed by atoms with Crippen molar-refractivity contribution in [3.05, 3.63) is 36.0 Å². The van der Waals surface area contributed by atoms with Gasteiger partial charge >= 0.3 is 5.97 Å². The van der Waals surface area contributed by atoms with Crippen molar-refractivity contribution in [1.29, 1.82) is 0 Å². The van der Waals surface area contributed by atoms with E-state index in [-0.39, 0.29) is 18.9 Å². The van der Waals surface area contributed by atoms with Crippen LogP contribution in [0.1, 0.15) is 102 Å². The van der Waals surface area contributed by atoms with Gasteiger partial charge in [-0.1, -0.05) is 102 Å². The predicted molar refractivity (Wildman–Crippen MR) is 145 cm³/mol. The quantitative estimate of drug-likeness (QED) is 0.171. The number of para-hydroxylation sites is 1. The van der Waals surface area contributed by atoms with Crippen LogP contribution in [0.3, 0.4) is 0 Å². The number of amides is 2. The van der Waals surface area contributed by atoms with E-state index in [0.717, 1.165) is 35.7 Å². The van der Waals surface area contributed by atoms with Gasteiger partial charge in [-0.3, -0.25) is 9.59 Å². The zero-order valence-electron chi connectivity index (χ0n) is 21.9. The van der Waals surface area contributed by atoms with Crippen molar-refractivity contribution in [1.82, 2.24) is 15.6 Å². The van der Waals surface area contributed by atoms with Crippen LogP contribution in [0.5, 0.6) is 0 Å². The lowest BCUT2D eigenvalue weighted by Gasteiger charge is -2.14. The molecule has 0 saturated heterocycles. The Morgan fingerprint density at radius 3 is 2.03 bits per heavy atom. The van der Waals surface area contributed by atoms with Gasteiger partial charge in [-0.2, -0.15) is 0 Å². The molecular weight excluding hydrogens is 454 g/mol. The monoisotopic (exact) mass is 499 g/mol. The number of aromatic amines is 1. The molecule has 4 N–H and O–H groups in total. The summed E-state index contributed by atoms with van der Waals surface area (Å²) in [6, 6.07) is 6.56. The molecule has 36 heavy (non-hydrogen) atoms. The summed E-state index contributed by atoms with van der Waals surface area (Å²) in [7, 11) is 0. The molecule has 2 aromatic rings. The number of nitrogens with one attached hydrogen (secondary N) is 3. The smallest absolute Gasteiger partial charge is 0.326 e. The van der Waals surface area contributed by atoms with Gasteiger partial charge in [0.05, 0.1) is 6.54 Å². The van der Waals surface area contributed by atoms with Gasteiger partial charge in [0.25, 0.3) is 0 Å². The molecule has 0 aliphatic carbocycles. The molecule has 7 heteroatoms. The van der Waals surface area contributed by atoms with E-state index < -0.39 is 17.9 Å². The second-order valence-electron chi connectivity index (χ2n) is 9.79. The second-order valence-corrected chi connectivity index (χ2v) is 9.79. The maximum Gasteiger partial charge on any atom is 0.326 e. The average Bonchev–Trinajstić information content (AvgIpc) is 3.28. The second kappa shape index (κ2) is 17.6. The van der Waals surface area contributed by atoms with E-state index in [2.05, 4.69) is 22.5 Å². The Bertz CT molecular complexity index is 924. The number of carboxylic acid groups (broad SMARTS) is 1. The Labute approximate surface area is 215 Å². The van der Waals surface area contributed by atoms with Crippen LogP contribution in [0.25, 0.3) is 10.9 Å². The SMILES string of the molecule is CCCCCCCCCCCCCCCC(=O)NCC(=O)N[C@@H](Cc1c[nH]c2ccccc12)C(=O)O. The first-order valence-corrected chi connectivity index (χ1v) is 13.8. The van der Waals surface area contributed by atoms with Crippen molar-refractivity contribution in [3.63, 3.8) is 0 Å². The van der Waals surface area contributed by atoms with Gasteiger partial charge in [0.2, 0.25) is 11.8 Å². The number of carbonyl (C=O) groups is 3. The van der Waals surface area contributed by atoms with E-state index in [1.165, 1.54) is 64.2 Å². The molecule has 2 amide bonds. The number of fused-ring (bicyclic) bond motifs is 1. The average molecular weight is 500 g/mol. The van der Waals surface area contributed by atoms with Crippen molar-refractivity contribution < 1.29 is 19.5 Å². The van der Waals surface area contributed by atoms with Gasteiger partial charge in [-0.25, -0.2) is 4.79 Å². The third-order valence-corrected chi connectivity index (χ3v) is 6.69. The summed E-state index contributed by atoms with van der Waals surface area (Å²) in [4.78, 5) is 39.1. The van der Waals surface area contributed by atoms with Crippen molar-refractivity contribution in [3.8, 4) is 0 Å². The molecule has 0 unspecified atom stereocenters. The summed E-state index contributed by atoms with van der Waals surface area (Å²) >= 11 is 0. The fourth-order valence-corrected chi connectivity index (χ4v) is 4.54. The molecule has 0 saturated carbocycles. The number of unbranched alkanes of at least 4 members (excludes halogenated alkanes) is 12. The number of aliphatic carboxylic acids is 1. The Morgan fingerprint density at radius 1 is 0.833 bits per heavy atom. The summed E-state index contributed by atoms with van der Waals surface area (Å²) in [5.41, 5.74) is 1.74. The number of hydrogen-bond donors (Lipinski definition) is 4. The van der Waals surface area contributed by atoms with Crippen molar-refractivity contribution >= 4 is 28.7 Å². The minimum atomic E-state index is -1.10. The number of carboxylic acids is 1. The summed E-state index contributed by atoms with van der Waals surface area (Å²) in [6.07, 6.45) is 18.6. The molecule has 1 aromatic heterocycles. The number of H-pyrrole nitrogens is 1. The number of benzene rings is 1. The summed E-state index contributed by atoms with van der Waals surface area (Å²) in [5, 5.41) is 15.6. The van der Waals surface area contributed by atoms with Crippen LogP contribution in [0, 0.1) is 0 Å². The Hall–Kier alpha value is -2.83. The van der Waals surface area contributed by atoms with E-state index >= 15 is 0 Å². The van der Waals surface area contributed by atoms with Crippen molar-refractivity contribution in [2.75, 3.05) is 6.54 Å². The lowest BCUT2D eigenvalue weighted by atomic mass is 10.0. The van der Waals surface area contributed by atoms with E-state index in [4.69, 9.17) is 0 Å². The maximum atomic E-state index is 12.2. The van der Waals surface area contributed by atoms with E-state index in [1.807, 2.05) is 24.3 Å². The topological polar surface area (TPSA) is 111 Å². The van der Waals surface area contributed by atoms with Crippen LogP contribution in [0.2, 0.25) is 0 Å². The molecule has 1 aromatic carbocycles. The normalized spacial score (nSPS) is 11.9. The number of rotatable bonds is 20. The van der Waals surface area contributed by atoms with Crippen LogP contribution >= 0.6 is 0 Å². The van der Waals surface area contributed by atoms with Gasteiger partial charge in [0, 0.05) is 29.9 Å². The predicted octanol–water partition coefficient (Wildman–Crippen LogP) is 5.88. The minimum Gasteiger partial charge on any atom is -0.480 e. The van der Waals surface area contributed by atoms with Gasteiger partial charge < -0.3 is 20.7 Å². The molecule has 0 aliphatic heterocycles. The fraction of sp³-hybridized carbons (Fsp3) is 0.621. The molecule has 0 bridgehead atoms. The zero-order valence-corrected chi connectivity index (χ0v) is 21.9. The third kappa shape index (κ3) is 11.7. The van der Waals surface area contributed by atoms with Crippen molar-refractivity contribution in [2.45, 2.75) is 109 Å². The Kier molecular flexibility index (Phi) is 14.4. The van der Waals surface area contributed by atoms with Crippen LogP contribution in [0.15, 0.2) is 30.5 Å². The van der Waals surface area contributed by atoms with E-state index in [9.17, 15) is 19.5 Å². The van der Waals surface area contributed by atoms with Crippen molar-refractivity contribution in [2.24, 2.45) is 0 Å². The first-order chi connectivity index (χ1) is 17.5. The molecule has 1 heterocycles. The largest absolute Gasteiger partial charge is 0.480 e. The summed E-state index contributed by atoms with van der Waals surface area (Å²) in [6.45, 7) is 2.04. The molecule has 0 aliphatic rings. The lowest BCUT2D eigenvalue weighted by molar-refractivity contribution is -0.141. The maximum absolute atomic E-state index is 12.2. The molecule has 0 fully saturated rings. The number of aromatic nitrogens is 1. The third-order valence-electron chi connectivity index (χ3n) is 6.69. The lowest BCUT2D eigenvalue weighted by Crippen LogP contribution is -2.46. The summed E-state index contributed by atoms with van der Waals surface area (Å²) in [5.74, 6) is -1.77. The van der Waals surface area contributed by atoms with Crippen LogP contribution in [-0.4, -0.2) is 40.5 Å². The first kappa shape index (κ1) is 29.4. The highest BCUT2D eigenvalue weighted by Gasteiger charge is 2.22. The highest BCUT2D eigenvalue weighted by molar-refractivity contribution is 5.89. The zero-order chi connectivity index (χ0) is 26.0. The Morgan fingerprint density at radius 2 is 1.42 bits per heavy atom. The molecule has 0 spiro atoms. The molecule has 2 rings (SSSR count). The standard InChI is InChI=1S/C29H45N3O4/c1-2-3-4-5-6-7-8-9-10-11-12-13-14-19-27(33)31-22-28(34)32-26(29(35)36)20-23-21-30-25-18-16-15-17-24(23)25/h15-18,21,26,30H,2-14,19-20,22H2,1H3,(H,31,33)(H,32,34)(H,35,36)/t26-/m0/s1. The molecule has 7 nitrogen and oxygen atoms in total. The molecule has 0 radical (unpaired) electrons. The van der Waals surface area contributed by atoms with Gasteiger partial charge in [0.1, 0.15) is 6.04 Å². The molecule has 200 valence electrons. The van der Waals surface area contributed by atoms with Crippen LogP contribution < -0.4 is 10.6 Å².